The number of hydrogen-bond donors (Lipinski definition) is 1. The van der Waals surface area contributed by atoms with E-state index in [0.717, 1.165) is 0 Å². The van der Waals surface area contributed by atoms with Crippen LogP contribution in [0.15, 0.2) is 16.8 Å². The highest BCUT2D eigenvalue weighted by molar-refractivity contribution is 7.07. The molecule has 4 heteroatoms. The van der Waals surface area contributed by atoms with Crippen molar-refractivity contribution in [3.63, 3.8) is 0 Å². The second kappa shape index (κ2) is 3.71. The van der Waals surface area contributed by atoms with E-state index in [0.29, 0.717) is 13.0 Å². The normalized spacial score (nSPS) is 27.3. The predicted octanol–water partition coefficient (Wildman–Crippen LogP) is 1.23. The lowest BCUT2D eigenvalue weighted by Crippen LogP contribution is -2.26. The lowest BCUT2D eigenvalue weighted by molar-refractivity contribution is -0.127. The number of rotatable bonds is 2. The summed E-state index contributed by atoms with van der Waals surface area (Å²) in [5.41, 5.74) is 6.90. The molecule has 0 aliphatic carbocycles. The zero-order chi connectivity index (χ0) is 10.1. The van der Waals surface area contributed by atoms with E-state index in [2.05, 4.69) is 11.4 Å². The van der Waals surface area contributed by atoms with Crippen LogP contribution in [-0.4, -0.2) is 24.4 Å². The van der Waals surface area contributed by atoms with E-state index in [-0.39, 0.29) is 17.9 Å². The van der Waals surface area contributed by atoms with Crippen LogP contribution in [0.2, 0.25) is 0 Å². The fraction of sp³-hybridized carbons (Fsp3) is 0.500. The van der Waals surface area contributed by atoms with Crippen molar-refractivity contribution in [2.75, 3.05) is 13.6 Å². The van der Waals surface area contributed by atoms with Gasteiger partial charge in [0.25, 0.3) is 0 Å². The number of nitrogens with two attached hydrogens (primary N) is 1. The molecule has 0 radical (unpaired) electrons. The van der Waals surface area contributed by atoms with Gasteiger partial charge in [0.2, 0.25) is 5.91 Å². The molecule has 0 spiro atoms. The van der Waals surface area contributed by atoms with Crippen molar-refractivity contribution in [3.05, 3.63) is 22.4 Å². The van der Waals surface area contributed by atoms with Crippen LogP contribution in [0.4, 0.5) is 0 Å². The van der Waals surface area contributed by atoms with Crippen LogP contribution in [0.25, 0.3) is 0 Å². The number of amides is 1. The molecule has 1 aliphatic heterocycles. The van der Waals surface area contributed by atoms with E-state index in [9.17, 15) is 4.79 Å². The molecule has 2 unspecified atom stereocenters. The van der Waals surface area contributed by atoms with Crippen LogP contribution in [0, 0.1) is 5.92 Å². The summed E-state index contributed by atoms with van der Waals surface area (Å²) in [7, 11) is 1.86. The Labute approximate surface area is 87.5 Å². The van der Waals surface area contributed by atoms with Gasteiger partial charge in [-0.15, -0.1) is 0 Å². The van der Waals surface area contributed by atoms with Crippen LogP contribution in [0.5, 0.6) is 0 Å². The molecule has 0 saturated carbocycles. The summed E-state index contributed by atoms with van der Waals surface area (Å²) in [6, 6.07) is 2.27. The Hall–Kier alpha value is -0.870. The maximum Gasteiger partial charge on any atom is 0.223 e. The third kappa shape index (κ3) is 1.44. The summed E-state index contributed by atoms with van der Waals surface area (Å²) in [5, 5.41) is 4.14. The van der Waals surface area contributed by atoms with Crippen molar-refractivity contribution in [2.45, 2.75) is 12.5 Å². The lowest BCUT2D eigenvalue weighted by atomic mass is 9.96. The van der Waals surface area contributed by atoms with Crippen LogP contribution in [-0.2, 0) is 4.79 Å². The molecule has 2 heterocycles. The molecule has 0 bridgehead atoms. The molecule has 76 valence electrons. The van der Waals surface area contributed by atoms with Crippen LogP contribution in [0.1, 0.15) is 18.0 Å². The van der Waals surface area contributed by atoms with Crippen molar-refractivity contribution in [2.24, 2.45) is 11.7 Å². The molecule has 1 aromatic rings. The van der Waals surface area contributed by atoms with Gasteiger partial charge in [0, 0.05) is 19.4 Å². The molecule has 1 amide bonds. The average molecular weight is 210 g/mol. The van der Waals surface area contributed by atoms with Gasteiger partial charge in [-0.25, -0.2) is 0 Å². The summed E-state index contributed by atoms with van der Waals surface area (Å²) < 4.78 is 0. The third-order valence-electron chi connectivity index (χ3n) is 2.88. The topological polar surface area (TPSA) is 46.3 Å². The lowest BCUT2D eigenvalue weighted by Gasteiger charge is -2.23. The molecule has 14 heavy (non-hydrogen) atoms. The van der Waals surface area contributed by atoms with Gasteiger partial charge in [0.15, 0.2) is 0 Å². The SMILES string of the molecule is CN1C(=O)CC(CN)C1c1ccsc1. The smallest absolute Gasteiger partial charge is 0.223 e. The Kier molecular flexibility index (Phi) is 2.56. The molecule has 2 atom stereocenters. The number of carbonyl (C=O) groups excluding carboxylic acids is 1. The molecule has 0 aromatic carbocycles. The molecule has 3 nitrogen and oxygen atoms in total. The molecule has 1 saturated heterocycles. The van der Waals surface area contributed by atoms with E-state index >= 15 is 0 Å². The second-order valence-electron chi connectivity index (χ2n) is 3.71. The number of thiophene rings is 1. The van der Waals surface area contributed by atoms with Gasteiger partial charge in [-0.3, -0.25) is 4.79 Å². The summed E-state index contributed by atoms with van der Waals surface area (Å²) in [5.74, 6) is 0.485. The van der Waals surface area contributed by atoms with E-state index in [4.69, 9.17) is 5.73 Å². The minimum atomic E-state index is 0.193. The Morgan fingerprint density at radius 1 is 1.71 bits per heavy atom. The van der Waals surface area contributed by atoms with Crippen molar-refractivity contribution in [3.8, 4) is 0 Å². The number of likely N-dealkylation sites (tertiary alicyclic amines) is 1. The predicted molar refractivity (Wildman–Crippen MR) is 57.0 cm³/mol. The zero-order valence-electron chi connectivity index (χ0n) is 8.14. The van der Waals surface area contributed by atoms with Crippen molar-refractivity contribution >= 4 is 17.2 Å². The van der Waals surface area contributed by atoms with E-state index in [1.54, 1.807) is 11.3 Å². The Balaban J connectivity index is 2.28. The Morgan fingerprint density at radius 3 is 3.07 bits per heavy atom. The summed E-state index contributed by atoms with van der Waals surface area (Å²) in [4.78, 5) is 13.3. The number of carbonyl (C=O) groups is 1. The van der Waals surface area contributed by atoms with Crippen LogP contribution < -0.4 is 5.73 Å². The van der Waals surface area contributed by atoms with Crippen molar-refractivity contribution < 1.29 is 4.79 Å². The first-order valence-corrected chi connectivity index (χ1v) is 5.66. The second-order valence-corrected chi connectivity index (χ2v) is 4.49. The highest BCUT2D eigenvalue weighted by Crippen LogP contribution is 2.36. The van der Waals surface area contributed by atoms with Gasteiger partial charge in [-0.05, 0) is 28.9 Å². The first kappa shape index (κ1) is 9.68. The monoisotopic (exact) mass is 210 g/mol. The van der Waals surface area contributed by atoms with Gasteiger partial charge in [0.05, 0.1) is 6.04 Å². The maximum absolute atomic E-state index is 11.5. The molecule has 1 fully saturated rings. The minimum Gasteiger partial charge on any atom is -0.338 e. The Morgan fingerprint density at radius 2 is 2.50 bits per heavy atom. The first-order chi connectivity index (χ1) is 6.74. The van der Waals surface area contributed by atoms with Crippen LogP contribution in [0.3, 0.4) is 0 Å². The van der Waals surface area contributed by atoms with E-state index in [1.165, 1.54) is 5.56 Å². The first-order valence-electron chi connectivity index (χ1n) is 4.72. The van der Waals surface area contributed by atoms with Crippen molar-refractivity contribution in [1.82, 2.24) is 4.90 Å². The minimum absolute atomic E-state index is 0.193. The van der Waals surface area contributed by atoms with Crippen LogP contribution >= 0.6 is 11.3 Å². The highest BCUT2D eigenvalue weighted by Gasteiger charge is 2.37. The molecular weight excluding hydrogens is 196 g/mol. The van der Waals surface area contributed by atoms with Gasteiger partial charge >= 0.3 is 0 Å². The molecular formula is C10H14N2OS. The molecule has 1 aliphatic rings. The molecule has 1 aromatic heterocycles. The van der Waals surface area contributed by atoms with E-state index < -0.39 is 0 Å². The van der Waals surface area contributed by atoms with Gasteiger partial charge in [-0.2, -0.15) is 11.3 Å². The largest absolute Gasteiger partial charge is 0.338 e. The molecule has 2 N–H and O–H groups in total. The Bertz CT molecular complexity index is 323. The maximum atomic E-state index is 11.5. The summed E-state index contributed by atoms with van der Waals surface area (Å²) >= 11 is 1.66. The van der Waals surface area contributed by atoms with E-state index in [1.807, 2.05) is 17.3 Å². The zero-order valence-corrected chi connectivity index (χ0v) is 8.96. The van der Waals surface area contributed by atoms with Gasteiger partial charge < -0.3 is 10.6 Å². The van der Waals surface area contributed by atoms with Crippen molar-refractivity contribution in [1.29, 1.82) is 0 Å². The number of nitrogens with zero attached hydrogens (tertiary/aromatic N) is 1. The fourth-order valence-electron chi connectivity index (χ4n) is 2.10. The van der Waals surface area contributed by atoms with Gasteiger partial charge in [-0.1, -0.05) is 0 Å². The average Bonchev–Trinajstić information content (AvgIpc) is 2.76. The quantitative estimate of drug-likeness (QED) is 0.798. The third-order valence-corrected chi connectivity index (χ3v) is 3.58. The summed E-state index contributed by atoms with van der Waals surface area (Å²) in [6.45, 7) is 0.580. The molecule has 2 rings (SSSR count). The highest BCUT2D eigenvalue weighted by atomic mass is 32.1. The number of hydrogen-bond acceptors (Lipinski definition) is 3. The summed E-state index contributed by atoms with van der Waals surface area (Å²) in [6.07, 6.45) is 0.591. The fourth-order valence-corrected chi connectivity index (χ4v) is 2.79. The van der Waals surface area contributed by atoms with Gasteiger partial charge in [0.1, 0.15) is 0 Å². The standard InChI is InChI=1S/C10H14N2OS/c1-12-9(13)4-8(5-11)10(12)7-2-3-14-6-7/h2-3,6,8,10H,4-5,11H2,1H3.